The number of allylic oxidation sites excluding steroid dienone is 2. The van der Waals surface area contributed by atoms with Gasteiger partial charge in [-0.1, -0.05) is 12.2 Å². The van der Waals surface area contributed by atoms with E-state index in [0.717, 1.165) is 6.42 Å². The number of fused-ring (bicyclic) bond motifs is 5. The number of carbonyl (C=O) groups is 2. The molecule has 0 aromatic heterocycles. The van der Waals surface area contributed by atoms with Crippen molar-refractivity contribution in [3.05, 3.63) is 12.2 Å². The predicted octanol–water partition coefficient (Wildman–Crippen LogP) is 0.955. The molecule has 1 saturated carbocycles. The van der Waals surface area contributed by atoms with Gasteiger partial charge < -0.3 is 5.11 Å². The van der Waals surface area contributed by atoms with Crippen LogP contribution in [0.1, 0.15) is 26.7 Å². The van der Waals surface area contributed by atoms with Gasteiger partial charge in [-0.3, -0.25) is 14.5 Å². The molecular formula is C14H19NO3. The number of amides is 2. The molecule has 18 heavy (non-hydrogen) atoms. The molecule has 2 bridgehead atoms. The van der Waals surface area contributed by atoms with Crippen molar-refractivity contribution < 1.29 is 14.7 Å². The number of hydrogen-bond donors (Lipinski definition) is 1. The lowest BCUT2D eigenvalue weighted by atomic mass is 9.85. The van der Waals surface area contributed by atoms with Crippen molar-refractivity contribution in [3.63, 3.8) is 0 Å². The summed E-state index contributed by atoms with van der Waals surface area (Å²) in [7, 11) is 0. The molecule has 1 saturated heterocycles. The fraction of sp³-hybridized carbons (Fsp3) is 0.714. The van der Waals surface area contributed by atoms with E-state index in [2.05, 4.69) is 12.2 Å². The van der Waals surface area contributed by atoms with E-state index in [4.69, 9.17) is 5.11 Å². The van der Waals surface area contributed by atoms with Gasteiger partial charge in [0.05, 0.1) is 11.8 Å². The first-order valence-corrected chi connectivity index (χ1v) is 6.64. The molecule has 3 rings (SSSR count). The summed E-state index contributed by atoms with van der Waals surface area (Å²) >= 11 is 0. The molecule has 0 aromatic rings. The third-order valence-electron chi connectivity index (χ3n) is 4.80. The Kier molecular flexibility index (Phi) is 2.43. The smallest absolute Gasteiger partial charge is 0.234 e. The van der Waals surface area contributed by atoms with Crippen LogP contribution >= 0.6 is 0 Å². The zero-order chi connectivity index (χ0) is 13.1. The van der Waals surface area contributed by atoms with Gasteiger partial charge in [-0.25, -0.2) is 0 Å². The van der Waals surface area contributed by atoms with E-state index in [1.54, 1.807) is 0 Å². The Balaban J connectivity index is 1.93. The molecule has 2 aliphatic carbocycles. The van der Waals surface area contributed by atoms with Crippen LogP contribution in [-0.4, -0.2) is 34.0 Å². The van der Waals surface area contributed by atoms with Crippen LogP contribution in [0.25, 0.3) is 0 Å². The number of hydrogen-bond acceptors (Lipinski definition) is 3. The van der Waals surface area contributed by atoms with Crippen molar-refractivity contribution in [2.24, 2.45) is 23.7 Å². The zero-order valence-corrected chi connectivity index (χ0v) is 10.8. The lowest BCUT2D eigenvalue weighted by molar-refractivity contribution is -0.147. The Bertz CT molecular complexity index is 410. The SMILES string of the molecule is CC(C)(CCO)N1C(=O)C2C3C=CC(C3)C2C1=O. The summed E-state index contributed by atoms with van der Waals surface area (Å²) in [6.45, 7) is 3.70. The number of rotatable bonds is 3. The molecule has 2 fully saturated rings. The summed E-state index contributed by atoms with van der Waals surface area (Å²) in [5.74, 6) is 0.189. The number of nitrogens with zero attached hydrogens (tertiary/aromatic N) is 1. The highest BCUT2D eigenvalue weighted by atomic mass is 16.3. The van der Waals surface area contributed by atoms with Gasteiger partial charge in [-0.2, -0.15) is 0 Å². The van der Waals surface area contributed by atoms with Crippen LogP contribution in [0.15, 0.2) is 12.2 Å². The van der Waals surface area contributed by atoms with Crippen LogP contribution in [0.4, 0.5) is 0 Å². The van der Waals surface area contributed by atoms with Crippen molar-refractivity contribution >= 4 is 11.8 Å². The standard InChI is InChI=1S/C14H19NO3/c1-14(2,5-6-16)15-12(17)10-8-3-4-9(7-8)11(10)13(15)18/h3-4,8-11,16H,5-7H2,1-2H3. The Hall–Kier alpha value is -1.16. The summed E-state index contributed by atoms with van der Waals surface area (Å²) < 4.78 is 0. The average molecular weight is 249 g/mol. The maximum absolute atomic E-state index is 12.5. The molecule has 3 aliphatic rings. The molecule has 4 atom stereocenters. The first-order chi connectivity index (χ1) is 8.47. The van der Waals surface area contributed by atoms with Crippen molar-refractivity contribution in [3.8, 4) is 0 Å². The van der Waals surface area contributed by atoms with E-state index in [1.165, 1.54) is 4.90 Å². The molecule has 2 amide bonds. The second-order valence-electron chi connectivity index (χ2n) is 6.30. The summed E-state index contributed by atoms with van der Waals surface area (Å²) in [5.41, 5.74) is -0.577. The van der Waals surface area contributed by atoms with Gasteiger partial charge in [0, 0.05) is 12.1 Å². The van der Waals surface area contributed by atoms with Gasteiger partial charge in [0.2, 0.25) is 11.8 Å². The van der Waals surface area contributed by atoms with Crippen LogP contribution in [0, 0.1) is 23.7 Å². The lowest BCUT2D eigenvalue weighted by Gasteiger charge is -2.34. The van der Waals surface area contributed by atoms with Gasteiger partial charge in [0.1, 0.15) is 0 Å². The van der Waals surface area contributed by atoms with Crippen molar-refractivity contribution in [1.29, 1.82) is 0 Å². The number of imide groups is 1. The van der Waals surface area contributed by atoms with E-state index in [9.17, 15) is 9.59 Å². The fourth-order valence-electron chi connectivity index (χ4n) is 3.88. The van der Waals surface area contributed by atoms with E-state index < -0.39 is 5.54 Å². The Morgan fingerprint density at radius 2 is 1.72 bits per heavy atom. The molecule has 0 radical (unpaired) electrons. The molecular weight excluding hydrogens is 230 g/mol. The van der Waals surface area contributed by atoms with Crippen molar-refractivity contribution in [2.45, 2.75) is 32.2 Å². The number of likely N-dealkylation sites (tertiary alicyclic amines) is 1. The van der Waals surface area contributed by atoms with Crippen LogP contribution < -0.4 is 0 Å². The first-order valence-electron chi connectivity index (χ1n) is 6.64. The molecule has 4 heteroatoms. The molecule has 98 valence electrons. The van der Waals surface area contributed by atoms with Crippen LogP contribution in [0.5, 0.6) is 0 Å². The second-order valence-corrected chi connectivity index (χ2v) is 6.30. The molecule has 4 unspecified atom stereocenters. The zero-order valence-electron chi connectivity index (χ0n) is 10.8. The van der Waals surface area contributed by atoms with E-state index in [-0.39, 0.29) is 42.1 Å². The highest BCUT2D eigenvalue weighted by Gasteiger charge is 2.61. The monoisotopic (exact) mass is 249 g/mol. The van der Waals surface area contributed by atoms with Gasteiger partial charge in [0.25, 0.3) is 0 Å². The van der Waals surface area contributed by atoms with Crippen LogP contribution in [-0.2, 0) is 9.59 Å². The topological polar surface area (TPSA) is 57.6 Å². The maximum atomic E-state index is 12.5. The van der Waals surface area contributed by atoms with Crippen molar-refractivity contribution in [2.75, 3.05) is 6.61 Å². The molecule has 1 N–H and O–H groups in total. The average Bonchev–Trinajstić information content (AvgIpc) is 2.92. The fourth-order valence-corrected chi connectivity index (χ4v) is 3.88. The van der Waals surface area contributed by atoms with E-state index in [1.807, 2.05) is 13.8 Å². The highest BCUT2D eigenvalue weighted by molar-refractivity contribution is 6.07. The molecule has 1 aliphatic heterocycles. The van der Waals surface area contributed by atoms with Crippen LogP contribution in [0.3, 0.4) is 0 Å². The normalized spacial score (nSPS) is 37.8. The van der Waals surface area contributed by atoms with E-state index >= 15 is 0 Å². The molecule has 1 heterocycles. The number of carbonyl (C=O) groups excluding carboxylic acids is 2. The maximum Gasteiger partial charge on any atom is 0.234 e. The van der Waals surface area contributed by atoms with Crippen molar-refractivity contribution in [1.82, 2.24) is 4.90 Å². The third-order valence-corrected chi connectivity index (χ3v) is 4.80. The second kappa shape index (κ2) is 3.67. The predicted molar refractivity (Wildman–Crippen MR) is 65.4 cm³/mol. The Morgan fingerprint density at radius 3 is 2.17 bits per heavy atom. The van der Waals surface area contributed by atoms with Gasteiger partial charge >= 0.3 is 0 Å². The summed E-state index contributed by atoms with van der Waals surface area (Å²) in [5, 5.41) is 9.09. The minimum atomic E-state index is -0.577. The minimum Gasteiger partial charge on any atom is -0.396 e. The largest absolute Gasteiger partial charge is 0.396 e. The minimum absolute atomic E-state index is 0.00942. The summed E-state index contributed by atoms with van der Waals surface area (Å²) in [6, 6.07) is 0. The van der Waals surface area contributed by atoms with Crippen LogP contribution in [0.2, 0.25) is 0 Å². The summed E-state index contributed by atoms with van der Waals surface area (Å²) in [6.07, 6.45) is 5.59. The van der Waals surface area contributed by atoms with E-state index in [0.29, 0.717) is 6.42 Å². The molecule has 4 nitrogen and oxygen atoms in total. The summed E-state index contributed by atoms with van der Waals surface area (Å²) in [4.78, 5) is 26.4. The number of aliphatic hydroxyl groups is 1. The van der Waals surface area contributed by atoms with Gasteiger partial charge in [-0.05, 0) is 38.5 Å². The highest BCUT2D eigenvalue weighted by Crippen LogP contribution is 2.53. The van der Waals surface area contributed by atoms with Gasteiger partial charge in [-0.15, -0.1) is 0 Å². The quantitative estimate of drug-likeness (QED) is 0.598. The molecule has 0 spiro atoms. The lowest BCUT2D eigenvalue weighted by Crippen LogP contribution is -2.49. The number of aliphatic hydroxyl groups excluding tert-OH is 1. The Morgan fingerprint density at radius 1 is 1.22 bits per heavy atom. The Labute approximate surface area is 107 Å². The van der Waals surface area contributed by atoms with Gasteiger partial charge in [0.15, 0.2) is 0 Å². The molecule has 0 aromatic carbocycles. The third kappa shape index (κ3) is 1.35. The first kappa shape index (κ1) is 11.9.